The molecule has 0 radical (unpaired) electrons. The summed E-state index contributed by atoms with van der Waals surface area (Å²) in [6, 6.07) is 5.22. The first kappa shape index (κ1) is 25.8. The highest BCUT2D eigenvalue weighted by Crippen LogP contribution is 2.41. The van der Waals surface area contributed by atoms with Gasteiger partial charge in [0.05, 0.1) is 5.41 Å². The van der Waals surface area contributed by atoms with Crippen molar-refractivity contribution >= 4 is 17.7 Å². The number of carbonyl (C=O) groups is 2. The number of benzene rings is 1. The highest BCUT2D eigenvalue weighted by Gasteiger charge is 2.45. The molecule has 1 spiro atoms. The van der Waals surface area contributed by atoms with Crippen LogP contribution in [0.3, 0.4) is 0 Å². The van der Waals surface area contributed by atoms with Crippen molar-refractivity contribution in [1.29, 1.82) is 0 Å². The van der Waals surface area contributed by atoms with Gasteiger partial charge in [-0.2, -0.15) is 17.6 Å². The number of allylic oxidation sites excluding steroid dienone is 1. The van der Waals surface area contributed by atoms with E-state index in [4.69, 9.17) is 4.74 Å². The second kappa shape index (κ2) is 9.46. The number of nitrogens with zero attached hydrogens (tertiary/aromatic N) is 1. The summed E-state index contributed by atoms with van der Waals surface area (Å²) in [6.45, 7) is 8.08. The number of likely N-dealkylation sites (tertiary alicyclic amines) is 1. The van der Waals surface area contributed by atoms with Gasteiger partial charge < -0.3 is 19.7 Å². The Hall–Kier alpha value is -2.78. The molecule has 2 aliphatic heterocycles. The molecule has 2 amide bonds. The largest absolute Gasteiger partial charge is 0.461 e. The summed E-state index contributed by atoms with van der Waals surface area (Å²) in [4.78, 5) is 27.3. The number of ether oxygens (including phenoxy) is 2. The van der Waals surface area contributed by atoms with Crippen molar-refractivity contribution in [2.45, 2.75) is 71.5 Å². The summed E-state index contributed by atoms with van der Waals surface area (Å²) >= 11 is 0. The molecule has 10 heteroatoms. The molecule has 0 atom stereocenters. The van der Waals surface area contributed by atoms with E-state index in [2.05, 4.69) is 10.1 Å². The van der Waals surface area contributed by atoms with Crippen LogP contribution in [0.4, 0.5) is 22.4 Å². The summed E-state index contributed by atoms with van der Waals surface area (Å²) in [5, 5.41) is 2.97. The Bertz CT molecular complexity index is 947. The molecule has 1 saturated heterocycles. The van der Waals surface area contributed by atoms with Crippen LogP contribution < -0.4 is 10.1 Å². The van der Waals surface area contributed by atoms with Gasteiger partial charge in [0, 0.05) is 18.8 Å². The van der Waals surface area contributed by atoms with E-state index in [0.29, 0.717) is 50.0 Å². The van der Waals surface area contributed by atoms with Crippen LogP contribution in [0, 0.1) is 5.41 Å². The molecular weight excluding hydrogens is 456 g/mol. The van der Waals surface area contributed by atoms with Gasteiger partial charge >= 0.3 is 18.6 Å². The smallest absolute Gasteiger partial charge is 0.444 e. The molecule has 0 bridgehead atoms. The normalized spacial score (nSPS) is 19.2. The van der Waals surface area contributed by atoms with E-state index >= 15 is 0 Å². The van der Waals surface area contributed by atoms with Gasteiger partial charge in [0.25, 0.3) is 0 Å². The number of carbonyl (C=O) groups excluding carboxylic acids is 2. The Balaban J connectivity index is 1.68. The van der Waals surface area contributed by atoms with E-state index in [-0.39, 0.29) is 5.91 Å². The predicted molar refractivity (Wildman–Crippen MR) is 117 cm³/mol. The standard InChI is InChI=1S/C24H30F4N2O4/c1-15-9-10-23(11-13-30(14-12-23)21(32)34-22(2,3)4)20(31)29-18(15)16-5-7-17(8-6-16)33-24(27,28)19(25)26/h5-8,19H,9-14H2,1-4H3,(H,29,31). The van der Waals surface area contributed by atoms with Crippen molar-refractivity contribution in [2.24, 2.45) is 5.41 Å². The van der Waals surface area contributed by atoms with Gasteiger partial charge in [0.15, 0.2) is 0 Å². The molecule has 1 aromatic rings. The van der Waals surface area contributed by atoms with Gasteiger partial charge in [0.1, 0.15) is 11.4 Å². The number of hydrogen-bond acceptors (Lipinski definition) is 4. The van der Waals surface area contributed by atoms with E-state index < -0.39 is 35.4 Å². The van der Waals surface area contributed by atoms with Gasteiger partial charge in [-0.3, -0.25) is 4.79 Å². The van der Waals surface area contributed by atoms with Gasteiger partial charge in [0.2, 0.25) is 5.91 Å². The zero-order chi connectivity index (χ0) is 25.3. The van der Waals surface area contributed by atoms with Crippen LogP contribution in [-0.4, -0.2) is 48.1 Å². The van der Waals surface area contributed by atoms with Gasteiger partial charge in [-0.05, 0) is 88.8 Å². The maximum absolute atomic E-state index is 13.3. The molecule has 1 aromatic carbocycles. The van der Waals surface area contributed by atoms with Crippen molar-refractivity contribution in [1.82, 2.24) is 10.2 Å². The van der Waals surface area contributed by atoms with Crippen molar-refractivity contribution in [3.8, 4) is 5.75 Å². The van der Waals surface area contributed by atoms with Crippen molar-refractivity contribution in [3.63, 3.8) is 0 Å². The Morgan fingerprint density at radius 1 is 1.09 bits per heavy atom. The van der Waals surface area contributed by atoms with E-state index in [1.54, 1.807) is 25.7 Å². The lowest BCUT2D eigenvalue weighted by Crippen LogP contribution is -2.50. The molecule has 2 aliphatic rings. The highest BCUT2D eigenvalue weighted by molar-refractivity contribution is 5.92. The fraction of sp³-hybridized carbons (Fsp3) is 0.583. The van der Waals surface area contributed by atoms with Crippen LogP contribution in [0.2, 0.25) is 0 Å². The predicted octanol–water partition coefficient (Wildman–Crippen LogP) is 5.58. The lowest BCUT2D eigenvalue weighted by molar-refractivity contribution is -0.253. The molecule has 0 unspecified atom stereocenters. The quantitative estimate of drug-likeness (QED) is 0.564. The number of alkyl halides is 4. The third kappa shape index (κ3) is 5.82. The van der Waals surface area contributed by atoms with Crippen LogP contribution in [0.15, 0.2) is 29.8 Å². The number of amides is 2. The highest BCUT2D eigenvalue weighted by atomic mass is 19.3. The number of nitrogens with one attached hydrogen (secondary N) is 1. The first-order valence-electron chi connectivity index (χ1n) is 11.2. The third-order valence-corrected chi connectivity index (χ3v) is 6.15. The van der Waals surface area contributed by atoms with Gasteiger partial charge in [-0.25, -0.2) is 4.79 Å². The second-order valence-electron chi connectivity index (χ2n) is 9.85. The van der Waals surface area contributed by atoms with E-state index in [0.717, 1.165) is 17.7 Å². The minimum Gasteiger partial charge on any atom is -0.444 e. The first-order chi connectivity index (χ1) is 15.7. The van der Waals surface area contributed by atoms with Crippen LogP contribution in [0.25, 0.3) is 5.70 Å². The number of piperidine rings is 1. The Morgan fingerprint density at radius 2 is 1.68 bits per heavy atom. The molecule has 2 heterocycles. The van der Waals surface area contributed by atoms with Gasteiger partial charge in [-0.15, -0.1) is 0 Å². The molecule has 6 nitrogen and oxygen atoms in total. The maximum Gasteiger partial charge on any atom is 0.461 e. The molecule has 0 aromatic heterocycles. The number of rotatable bonds is 4. The summed E-state index contributed by atoms with van der Waals surface area (Å²) in [7, 11) is 0. The zero-order valence-electron chi connectivity index (χ0n) is 19.7. The fourth-order valence-electron chi connectivity index (χ4n) is 4.15. The fourth-order valence-corrected chi connectivity index (χ4v) is 4.15. The molecule has 188 valence electrons. The number of halogens is 4. The van der Waals surface area contributed by atoms with Crippen molar-refractivity contribution in [2.75, 3.05) is 13.1 Å². The average molecular weight is 487 g/mol. The topological polar surface area (TPSA) is 67.9 Å². The van der Waals surface area contributed by atoms with Crippen molar-refractivity contribution in [3.05, 3.63) is 35.4 Å². The average Bonchev–Trinajstić information content (AvgIpc) is 2.85. The zero-order valence-corrected chi connectivity index (χ0v) is 19.7. The number of hydrogen-bond donors (Lipinski definition) is 1. The molecular formula is C24H30F4N2O4. The first-order valence-corrected chi connectivity index (χ1v) is 11.2. The molecule has 0 aliphatic carbocycles. The van der Waals surface area contributed by atoms with Crippen LogP contribution in [0.5, 0.6) is 5.75 Å². The van der Waals surface area contributed by atoms with Crippen molar-refractivity contribution < 1.29 is 36.6 Å². The molecule has 1 fully saturated rings. The Labute approximate surface area is 196 Å². The summed E-state index contributed by atoms with van der Waals surface area (Å²) in [5.41, 5.74) is 0.790. The minimum absolute atomic E-state index is 0.159. The minimum atomic E-state index is -4.59. The van der Waals surface area contributed by atoms with Gasteiger partial charge in [-0.1, -0.05) is 0 Å². The summed E-state index contributed by atoms with van der Waals surface area (Å²) < 4.78 is 60.5. The summed E-state index contributed by atoms with van der Waals surface area (Å²) in [6.07, 6.45) is -6.71. The lowest BCUT2D eigenvalue weighted by atomic mass is 9.74. The van der Waals surface area contributed by atoms with E-state index in [9.17, 15) is 27.2 Å². The maximum atomic E-state index is 13.3. The summed E-state index contributed by atoms with van der Waals surface area (Å²) in [5.74, 6) is -0.564. The van der Waals surface area contributed by atoms with E-state index in [1.165, 1.54) is 12.1 Å². The molecule has 3 rings (SSSR count). The monoisotopic (exact) mass is 486 g/mol. The molecule has 34 heavy (non-hydrogen) atoms. The van der Waals surface area contributed by atoms with E-state index in [1.807, 2.05) is 6.92 Å². The van der Waals surface area contributed by atoms with Crippen LogP contribution >= 0.6 is 0 Å². The Morgan fingerprint density at radius 3 is 2.21 bits per heavy atom. The lowest BCUT2D eigenvalue weighted by Gasteiger charge is -2.40. The van der Waals surface area contributed by atoms with Crippen LogP contribution in [0.1, 0.15) is 58.9 Å². The SMILES string of the molecule is CC1=C(c2ccc(OC(F)(F)C(F)F)cc2)NC(=O)C2(CC1)CCN(C(=O)OC(C)(C)C)CC2. The Kier molecular flexibility index (Phi) is 7.19. The third-order valence-electron chi connectivity index (χ3n) is 6.15. The second-order valence-corrected chi connectivity index (χ2v) is 9.85. The molecule has 0 saturated carbocycles. The molecule has 1 N–H and O–H groups in total. The van der Waals surface area contributed by atoms with Crippen LogP contribution in [-0.2, 0) is 9.53 Å².